The van der Waals surface area contributed by atoms with Gasteiger partial charge in [-0.1, -0.05) is 30.3 Å². The van der Waals surface area contributed by atoms with Crippen molar-refractivity contribution < 1.29 is 23.2 Å². The largest absolute Gasteiger partial charge is 0.354 e. The standard InChI is InChI=1S/C35H35F2N5O3/c1-22(8-11-32(44)40-21-43)42-31-10-9-25(28-6-3-7-29(33(28)31)35(42)45)19-38-18-23-12-14-41(15-13-23)34-30(37)17-26(20-39-34)24-4-2-5-27(36)16-24/h2-7,9-10,16-17,20-23,38H,8,11-15,18-19H2,1H3,(H,40,43,44). The van der Waals surface area contributed by atoms with E-state index in [0.717, 1.165) is 41.4 Å². The number of pyridine rings is 1. The van der Waals surface area contributed by atoms with Crippen molar-refractivity contribution in [3.63, 3.8) is 0 Å². The molecule has 1 atom stereocenters. The molecule has 8 nitrogen and oxygen atoms in total. The zero-order valence-corrected chi connectivity index (χ0v) is 25.1. The van der Waals surface area contributed by atoms with Crippen LogP contribution in [0.15, 0.2) is 66.9 Å². The Morgan fingerprint density at radius 3 is 2.62 bits per heavy atom. The van der Waals surface area contributed by atoms with E-state index >= 15 is 4.39 Å². The fraction of sp³-hybridized carbons (Fsp3) is 0.314. The van der Waals surface area contributed by atoms with Crippen molar-refractivity contribution in [1.82, 2.24) is 15.6 Å². The molecule has 2 aliphatic rings. The molecule has 0 spiro atoms. The van der Waals surface area contributed by atoms with Gasteiger partial charge in [0.25, 0.3) is 5.91 Å². The predicted octanol–water partition coefficient (Wildman–Crippen LogP) is 5.59. The third-order valence-electron chi connectivity index (χ3n) is 8.91. The Balaban J connectivity index is 1.05. The second-order valence-electron chi connectivity index (χ2n) is 11.8. The highest BCUT2D eigenvalue weighted by Gasteiger charge is 2.33. The van der Waals surface area contributed by atoms with Gasteiger partial charge in [0.1, 0.15) is 5.82 Å². The predicted molar refractivity (Wildman–Crippen MR) is 170 cm³/mol. The van der Waals surface area contributed by atoms with Gasteiger partial charge in [0.15, 0.2) is 11.6 Å². The summed E-state index contributed by atoms with van der Waals surface area (Å²) in [5.74, 6) is -0.456. The lowest BCUT2D eigenvalue weighted by Crippen LogP contribution is -2.38. The molecule has 0 aliphatic carbocycles. The molecule has 1 fully saturated rings. The number of nitrogens with zero attached hydrogens (tertiary/aromatic N) is 3. The van der Waals surface area contributed by atoms with Gasteiger partial charge in [-0.3, -0.25) is 19.7 Å². The topological polar surface area (TPSA) is 94.6 Å². The maximum Gasteiger partial charge on any atom is 0.259 e. The highest BCUT2D eigenvalue weighted by Crippen LogP contribution is 2.40. The lowest BCUT2D eigenvalue weighted by atomic mass is 9.96. The van der Waals surface area contributed by atoms with Crippen molar-refractivity contribution in [2.75, 3.05) is 29.4 Å². The Labute approximate surface area is 260 Å². The van der Waals surface area contributed by atoms with Gasteiger partial charge < -0.3 is 15.1 Å². The Morgan fingerprint density at radius 2 is 1.87 bits per heavy atom. The number of imide groups is 1. The minimum Gasteiger partial charge on any atom is -0.354 e. The summed E-state index contributed by atoms with van der Waals surface area (Å²) in [7, 11) is 0. The van der Waals surface area contributed by atoms with Crippen LogP contribution in [-0.4, -0.2) is 48.9 Å². The monoisotopic (exact) mass is 611 g/mol. The molecule has 2 aliphatic heterocycles. The highest BCUT2D eigenvalue weighted by molar-refractivity contribution is 6.25. The smallest absolute Gasteiger partial charge is 0.259 e. The second-order valence-corrected chi connectivity index (χ2v) is 11.8. The number of amides is 3. The SMILES string of the molecule is CC(CCC(=O)NC=O)N1C(=O)c2cccc3c(CNCC4CCN(c5ncc(-c6cccc(F)c6)cc5F)CC4)ccc1c23. The van der Waals surface area contributed by atoms with Crippen molar-refractivity contribution in [2.45, 2.75) is 45.2 Å². The molecular weight excluding hydrogens is 576 g/mol. The summed E-state index contributed by atoms with van der Waals surface area (Å²) in [4.78, 5) is 43.8. The molecule has 1 saturated heterocycles. The fourth-order valence-electron chi connectivity index (χ4n) is 6.51. The molecule has 10 heteroatoms. The number of nitrogens with one attached hydrogen (secondary N) is 2. The van der Waals surface area contributed by atoms with Crippen LogP contribution in [0.5, 0.6) is 0 Å². The molecule has 2 N–H and O–H groups in total. The number of halogens is 2. The number of hydrogen-bond acceptors (Lipinski definition) is 6. The Kier molecular flexibility index (Phi) is 8.84. The molecule has 1 unspecified atom stereocenters. The van der Waals surface area contributed by atoms with Gasteiger partial charge in [-0.15, -0.1) is 0 Å². The van der Waals surface area contributed by atoms with Crippen molar-refractivity contribution in [2.24, 2.45) is 5.92 Å². The van der Waals surface area contributed by atoms with E-state index in [4.69, 9.17) is 0 Å². The van der Waals surface area contributed by atoms with Crippen LogP contribution >= 0.6 is 0 Å². The maximum atomic E-state index is 15.0. The number of carbonyl (C=O) groups is 3. The van der Waals surface area contributed by atoms with Gasteiger partial charge in [-0.05, 0) is 85.5 Å². The minimum atomic E-state index is -0.407. The zero-order chi connectivity index (χ0) is 31.5. The van der Waals surface area contributed by atoms with E-state index in [1.807, 2.05) is 36.1 Å². The highest BCUT2D eigenvalue weighted by atomic mass is 19.1. The quantitative estimate of drug-likeness (QED) is 0.215. The molecule has 3 amide bonds. The second kappa shape index (κ2) is 13.1. The van der Waals surface area contributed by atoms with E-state index in [-0.39, 0.29) is 30.1 Å². The van der Waals surface area contributed by atoms with Gasteiger partial charge in [0.2, 0.25) is 12.3 Å². The van der Waals surface area contributed by atoms with Crippen LogP contribution in [0.25, 0.3) is 21.9 Å². The van der Waals surface area contributed by atoms with Gasteiger partial charge in [-0.2, -0.15) is 0 Å². The van der Waals surface area contributed by atoms with E-state index in [0.29, 0.717) is 60.9 Å². The first-order valence-corrected chi connectivity index (χ1v) is 15.3. The summed E-state index contributed by atoms with van der Waals surface area (Å²) in [5.41, 5.74) is 3.74. The maximum absolute atomic E-state index is 15.0. The normalized spacial score (nSPS) is 15.5. The summed E-state index contributed by atoms with van der Waals surface area (Å²) in [6.45, 7) is 4.77. The number of hydrogen-bond donors (Lipinski definition) is 2. The summed E-state index contributed by atoms with van der Waals surface area (Å²) < 4.78 is 28.6. The van der Waals surface area contributed by atoms with Crippen LogP contribution in [0.1, 0.15) is 48.5 Å². The minimum absolute atomic E-state index is 0.0784. The molecule has 45 heavy (non-hydrogen) atoms. The number of rotatable bonds is 11. The molecule has 3 aromatic carbocycles. The van der Waals surface area contributed by atoms with Gasteiger partial charge >= 0.3 is 0 Å². The first kappa shape index (κ1) is 30.3. The first-order valence-electron chi connectivity index (χ1n) is 15.3. The lowest BCUT2D eigenvalue weighted by molar-refractivity contribution is -0.125. The number of benzene rings is 3. The van der Waals surface area contributed by atoms with E-state index < -0.39 is 5.82 Å². The number of piperidine rings is 1. The van der Waals surface area contributed by atoms with Crippen LogP contribution in [0.4, 0.5) is 20.3 Å². The average Bonchev–Trinajstić information content (AvgIpc) is 3.34. The Hall–Kier alpha value is -4.70. The van der Waals surface area contributed by atoms with Crippen molar-refractivity contribution >= 4 is 40.5 Å². The first-order chi connectivity index (χ1) is 21.8. The molecule has 0 radical (unpaired) electrons. The average molecular weight is 612 g/mol. The number of carbonyl (C=O) groups excluding carboxylic acids is 3. The van der Waals surface area contributed by atoms with E-state index in [1.54, 1.807) is 23.2 Å². The van der Waals surface area contributed by atoms with Crippen LogP contribution in [0.3, 0.4) is 0 Å². The molecule has 1 aromatic heterocycles. The number of aromatic nitrogens is 1. The lowest BCUT2D eigenvalue weighted by Gasteiger charge is -2.33. The molecular formula is C35H35F2N5O3. The molecule has 6 rings (SSSR count). The van der Waals surface area contributed by atoms with Gasteiger partial charge in [0.05, 0.1) is 5.69 Å². The third-order valence-corrected chi connectivity index (χ3v) is 8.91. The van der Waals surface area contributed by atoms with Crippen LogP contribution in [-0.2, 0) is 16.1 Å². The Morgan fingerprint density at radius 1 is 1.07 bits per heavy atom. The fourth-order valence-corrected chi connectivity index (χ4v) is 6.51. The summed E-state index contributed by atoms with van der Waals surface area (Å²) in [6, 6.07) is 17.1. The molecule has 232 valence electrons. The summed E-state index contributed by atoms with van der Waals surface area (Å²) in [6.07, 6.45) is 4.36. The van der Waals surface area contributed by atoms with E-state index in [1.165, 1.54) is 18.2 Å². The molecule has 0 saturated carbocycles. The van der Waals surface area contributed by atoms with Crippen molar-refractivity contribution in [3.8, 4) is 11.1 Å². The molecule has 3 heterocycles. The van der Waals surface area contributed by atoms with Gasteiger partial charge in [0, 0.05) is 54.8 Å². The summed E-state index contributed by atoms with van der Waals surface area (Å²) in [5, 5.41) is 7.70. The van der Waals surface area contributed by atoms with Crippen LogP contribution in [0, 0.1) is 17.6 Å². The van der Waals surface area contributed by atoms with Crippen LogP contribution < -0.4 is 20.4 Å². The third kappa shape index (κ3) is 6.28. The van der Waals surface area contributed by atoms with Gasteiger partial charge in [-0.25, -0.2) is 13.8 Å². The number of anilines is 2. The summed E-state index contributed by atoms with van der Waals surface area (Å²) >= 11 is 0. The van der Waals surface area contributed by atoms with Crippen molar-refractivity contribution in [3.05, 3.63) is 89.6 Å². The van der Waals surface area contributed by atoms with E-state index in [2.05, 4.69) is 21.7 Å². The van der Waals surface area contributed by atoms with E-state index in [9.17, 15) is 18.8 Å². The van der Waals surface area contributed by atoms with Crippen molar-refractivity contribution in [1.29, 1.82) is 0 Å². The Bertz CT molecular complexity index is 1760. The zero-order valence-electron chi connectivity index (χ0n) is 25.1. The van der Waals surface area contributed by atoms with Crippen LogP contribution in [0.2, 0.25) is 0 Å². The molecule has 0 bridgehead atoms. The molecule has 4 aromatic rings.